The maximum Gasteiger partial charge on any atom is 0.280 e. The number of amides is 2. The van der Waals surface area contributed by atoms with Crippen LogP contribution in [0.4, 0.5) is 0 Å². The van der Waals surface area contributed by atoms with Gasteiger partial charge in [-0.25, -0.2) is 16.8 Å². The highest BCUT2D eigenvalue weighted by molar-refractivity contribution is 7.91. The number of nitrogens with zero attached hydrogens (tertiary/aromatic N) is 2. The van der Waals surface area contributed by atoms with Gasteiger partial charge in [-0.15, -0.1) is 5.92 Å². The first-order valence-corrected chi connectivity index (χ1v) is 15.1. The molecule has 2 amide bonds. The van der Waals surface area contributed by atoms with Crippen molar-refractivity contribution in [3.8, 4) is 11.8 Å². The van der Waals surface area contributed by atoms with Crippen molar-refractivity contribution < 1.29 is 26.4 Å². The fraction of sp³-hybridized carbons (Fsp3) is 0.231. The molecule has 0 bridgehead atoms. The van der Waals surface area contributed by atoms with Gasteiger partial charge in [0.05, 0.1) is 9.79 Å². The van der Waals surface area contributed by atoms with Gasteiger partial charge < -0.3 is 22.9 Å². The van der Waals surface area contributed by atoms with Gasteiger partial charge in [-0.05, 0) is 68.7 Å². The molecular formula is C26H32N6O6S2. The Morgan fingerprint density at radius 3 is 1.57 bits per heavy atom. The summed E-state index contributed by atoms with van der Waals surface area (Å²) >= 11 is 0. The number of allylic oxidation sites excluding steroid dienone is 1. The number of hydrogen-bond acceptors (Lipinski definition) is 6. The van der Waals surface area contributed by atoms with Crippen molar-refractivity contribution in [3.05, 3.63) is 63.7 Å². The van der Waals surface area contributed by atoms with Gasteiger partial charge in [0.15, 0.2) is 31.6 Å². The summed E-state index contributed by atoms with van der Waals surface area (Å²) in [4.78, 5) is 30.6. The Kier molecular flexibility index (Phi) is 11.4. The predicted octanol–water partition coefficient (Wildman–Crippen LogP) is 1.03. The van der Waals surface area contributed by atoms with Crippen LogP contribution in [0.25, 0.3) is 6.08 Å². The third kappa shape index (κ3) is 9.37. The van der Waals surface area contributed by atoms with Crippen LogP contribution in [-0.4, -0.2) is 53.1 Å². The van der Waals surface area contributed by atoms with Crippen LogP contribution >= 0.6 is 0 Å². The molecule has 214 valence electrons. The molecule has 0 unspecified atom stereocenters. The number of aryl methyl sites for hydroxylation is 2. The Morgan fingerprint density at radius 1 is 0.775 bits per heavy atom. The van der Waals surface area contributed by atoms with Gasteiger partial charge in [0.2, 0.25) is 0 Å². The number of sulfone groups is 2. The van der Waals surface area contributed by atoms with E-state index in [2.05, 4.69) is 21.8 Å². The fourth-order valence-electron chi connectivity index (χ4n) is 3.38. The second-order valence-corrected chi connectivity index (χ2v) is 12.4. The van der Waals surface area contributed by atoms with Gasteiger partial charge in [-0.1, -0.05) is 18.1 Å². The minimum absolute atomic E-state index is 0.0217. The van der Waals surface area contributed by atoms with Gasteiger partial charge in [0.1, 0.15) is 0 Å². The minimum Gasteiger partial charge on any atom is -0.370 e. The second kappa shape index (κ2) is 13.5. The van der Waals surface area contributed by atoms with Crippen LogP contribution in [0.15, 0.2) is 50.1 Å². The van der Waals surface area contributed by atoms with Gasteiger partial charge in [-0.2, -0.15) is 9.98 Å². The molecule has 0 aliphatic rings. The van der Waals surface area contributed by atoms with Crippen molar-refractivity contribution in [1.82, 2.24) is 0 Å². The Morgan fingerprint density at radius 2 is 1.20 bits per heavy atom. The molecule has 2 aromatic carbocycles. The average molecular weight is 589 g/mol. The number of guanidine groups is 2. The quantitative estimate of drug-likeness (QED) is 0.220. The summed E-state index contributed by atoms with van der Waals surface area (Å²) in [6, 6.07) is 5.70. The SMILES string of the molecule is CC#Cc1cc(C)c(C(=O)N=C(N)N)cc1S(C)(=O)=O.CC=Cc1cc(C)c(C(=O)N=C(N)N)cc1S(C)(=O)=O. The summed E-state index contributed by atoms with van der Waals surface area (Å²) in [5, 5.41) is 0. The number of carbonyl (C=O) groups excluding carboxylic acids is 2. The van der Waals surface area contributed by atoms with Gasteiger partial charge >= 0.3 is 0 Å². The molecule has 0 aromatic heterocycles. The van der Waals surface area contributed by atoms with Crippen LogP contribution in [-0.2, 0) is 19.7 Å². The Bertz CT molecular complexity index is 1700. The molecule has 0 atom stereocenters. The first-order chi connectivity index (χ1) is 18.3. The molecule has 0 spiro atoms. The summed E-state index contributed by atoms with van der Waals surface area (Å²) < 4.78 is 47.2. The number of rotatable bonds is 5. The lowest BCUT2D eigenvalue weighted by Crippen LogP contribution is -2.24. The van der Waals surface area contributed by atoms with Crippen LogP contribution in [0.2, 0.25) is 0 Å². The third-order valence-corrected chi connectivity index (χ3v) is 7.30. The third-order valence-electron chi connectivity index (χ3n) is 5.01. The molecule has 2 aromatic rings. The second-order valence-electron chi connectivity index (χ2n) is 8.47. The molecule has 0 saturated carbocycles. The molecule has 0 aliphatic heterocycles. The number of benzene rings is 2. The highest BCUT2D eigenvalue weighted by Crippen LogP contribution is 2.24. The number of carbonyl (C=O) groups is 2. The molecule has 0 heterocycles. The Balaban J connectivity index is 0.000000400. The molecule has 8 N–H and O–H groups in total. The zero-order chi connectivity index (χ0) is 31.0. The number of hydrogen-bond donors (Lipinski definition) is 4. The molecule has 2 rings (SSSR count). The first kappa shape index (κ1) is 33.5. The number of nitrogens with two attached hydrogens (primary N) is 4. The van der Waals surface area contributed by atoms with Crippen LogP contribution in [0.3, 0.4) is 0 Å². The van der Waals surface area contributed by atoms with E-state index in [1.807, 2.05) is 0 Å². The Hall–Kier alpha value is -4.48. The van der Waals surface area contributed by atoms with E-state index >= 15 is 0 Å². The summed E-state index contributed by atoms with van der Waals surface area (Å²) in [6.45, 7) is 6.72. The van der Waals surface area contributed by atoms with E-state index in [4.69, 9.17) is 22.9 Å². The van der Waals surface area contributed by atoms with Gasteiger partial charge in [0, 0.05) is 29.2 Å². The monoisotopic (exact) mass is 588 g/mol. The van der Waals surface area contributed by atoms with Crippen molar-refractivity contribution in [1.29, 1.82) is 0 Å². The van der Waals surface area contributed by atoms with E-state index in [1.54, 1.807) is 45.9 Å². The van der Waals surface area contributed by atoms with Crippen molar-refractivity contribution in [2.75, 3.05) is 12.5 Å². The van der Waals surface area contributed by atoms with E-state index in [0.29, 0.717) is 22.3 Å². The largest absolute Gasteiger partial charge is 0.370 e. The summed E-state index contributed by atoms with van der Waals surface area (Å²) in [5.41, 5.74) is 22.9. The predicted molar refractivity (Wildman–Crippen MR) is 156 cm³/mol. The van der Waals surface area contributed by atoms with E-state index in [-0.39, 0.29) is 32.8 Å². The van der Waals surface area contributed by atoms with Crippen molar-refractivity contribution in [3.63, 3.8) is 0 Å². The van der Waals surface area contributed by atoms with Gasteiger partial charge in [0.25, 0.3) is 11.8 Å². The van der Waals surface area contributed by atoms with Crippen molar-refractivity contribution in [2.24, 2.45) is 32.9 Å². The first-order valence-electron chi connectivity index (χ1n) is 11.4. The lowest BCUT2D eigenvalue weighted by Gasteiger charge is -2.09. The summed E-state index contributed by atoms with van der Waals surface area (Å²) in [5.74, 6) is 3.23. The van der Waals surface area contributed by atoms with Crippen LogP contribution in [0, 0.1) is 25.7 Å². The standard InChI is InChI=1S/C13H17N3O3S.C13H15N3O3S/c2*1-4-5-9-6-8(2)10(12(17)16-13(14)15)7-11(9)20(3,18)19/h4-7H,1-3H3,(H4,14,15,16,17);6-7H,1-3H3,(H4,14,15,16,17). The average Bonchev–Trinajstić information content (AvgIpc) is 2.77. The van der Waals surface area contributed by atoms with Crippen LogP contribution < -0.4 is 22.9 Å². The Labute approximate surface area is 234 Å². The fourth-order valence-corrected chi connectivity index (χ4v) is 5.11. The summed E-state index contributed by atoms with van der Waals surface area (Å²) in [7, 11) is -6.99. The van der Waals surface area contributed by atoms with E-state index in [0.717, 1.165) is 12.5 Å². The van der Waals surface area contributed by atoms with Crippen LogP contribution in [0.5, 0.6) is 0 Å². The van der Waals surface area contributed by atoms with Crippen molar-refractivity contribution >= 4 is 49.5 Å². The number of aliphatic imine (C=N–C) groups is 2. The highest BCUT2D eigenvalue weighted by Gasteiger charge is 2.19. The van der Waals surface area contributed by atoms with E-state index in [1.165, 1.54) is 18.2 Å². The zero-order valence-electron chi connectivity index (χ0n) is 22.9. The lowest BCUT2D eigenvalue weighted by atomic mass is 10.0. The van der Waals surface area contributed by atoms with E-state index in [9.17, 15) is 26.4 Å². The molecule has 40 heavy (non-hydrogen) atoms. The van der Waals surface area contributed by atoms with Gasteiger partial charge in [-0.3, -0.25) is 9.59 Å². The molecule has 0 fully saturated rings. The highest BCUT2D eigenvalue weighted by atomic mass is 32.2. The molecule has 0 aliphatic carbocycles. The molecule has 14 heteroatoms. The maximum atomic E-state index is 11.9. The molecule has 0 radical (unpaired) electrons. The molecule has 0 saturated heterocycles. The normalized spacial score (nSPS) is 10.9. The smallest absolute Gasteiger partial charge is 0.280 e. The topological polar surface area (TPSA) is 231 Å². The van der Waals surface area contributed by atoms with Crippen LogP contribution in [0.1, 0.15) is 56.8 Å². The summed E-state index contributed by atoms with van der Waals surface area (Å²) in [6.07, 6.45) is 5.52. The zero-order valence-corrected chi connectivity index (χ0v) is 24.6. The molecule has 12 nitrogen and oxygen atoms in total. The van der Waals surface area contributed by atoms with E-state index < -0.39 is 31.5 Å². The maximum absolute atomic E-state index is 11.9. The van der Waals surface area contributed by atoms with Crippen molar-refractivity contribution in [2.45, 2.75) is 37.5 Å². The minimum atomic E-state index is -3.52. The lowest BCUT2D eigenvalue weighted by molar-refractivity contribution is 0.0993. The molecular weight excluding hydrogens is 556 g/mol.